The fraction of sp³-hybridized carbons (Fsp3) is 0.143. The van der Waals surface area contributed by atoms with Gasteiger partial charge in [-0.3, -0.25) is 0 Å². The number of fused-ring (bicyclic) bond motifs is 1. The van der Waals surface area contributed by atoms with Crippen molar-refractivity contribution in [1.29, 1.82) is 0 Å². The minimum Gasteiger partial charge on any atom is -0.366 e. The van der Waals surface area contributed by atoms with Crippen molar-refractivity contribution < 1.29 is 0 Å². The van der Waals surface area contributed by atoms with Crippen LogP contribution >= 0.6 is 11.6 Å². The van der Waals surface area contributed by atoms with E-state index in [1.54, 1.807) is 10.8 Å². The van der Waals surface area contributed by atoms with Gasteiger partial charge in [0.25, 0.3) is 0 Å². The van der Waals surface area contributed by atoms with Crippen molar-refractivity contribution >= 4 is 23.1 Å². The molecule has 0 aliphatic heterocycles. The average Bonchev–Trinajstić information content (AvgIpc) is 2.85. The molecule has 2 aromatic heterocycles. The maximum absolute atomic E-state index is 6.14. The van der Waals surface area contributed by atoms with Crippen molar-refractivity contribution in [1.82, 2.24) is 14.6 Å². The molecular weight excluding hydrogens is 260 g/mol. The highest BCUT2D eigenvalue weighted by molar-refractivity contribution is 6.31. The molecule has 1 N–H and O–H groups in total. The minimum absolute atomic E-state index is 0.651. The Morgan fingerprint density at radius 1 is 1.26 bits per heavy atom. The van der Waals surface area contributed by atoms with E-state index in [-0.39, 0.29) is 0 Å². The van der Waals surface area contributed by atoms with Gasteiger partial charge < -0.3 is 5.32 Å². The molecule has 19 heavy (non-hydrogen) atoms. The largest absolute Gasteiger partial charge is 0.366 e. The van der Waals surface area contributed by atoms with Gasteiger partial charge in [0, 0.05) is 11.6 Å². The van der Waals surface area contributed by atoms with Gasteiger partial charge in [0.05, 0.1) is 0 Å². The van der Waals surface area contributed by atoms with E-state index in [1.807, 2.05) is 43.3 Å². The van der Waals surface area contributed by atoms with E-state index < -0.39 is 0 Å². The van der Waals surface area contributed by atoms with Crippen LogP contribution in [0, 0.1) is 6.92 Å². The topological polar surface area (TPSA) is 42.2 Å². The standard InChI is InChI=1S/C14H13ClN4/c1-10-6-13(19-14(7-10)17-9-18-19)16-8-11-4-2-3-5-12(11)15/h2-7,9,16H,8H2,1H3. The van der Waals surface area contributed by atoms with Crippen LogP contribution in [0.25, 0.3) is 5.65 Å². The molecule has 3 rings (SSSR count). The lowest BCUT2D eigenvalue weighted by Gasteiger charge is -2.10. The highest BCUT2D eigenvalue weighted by Gasteiger charge is 2.05. The second kappa shape index (κ2) is 4.90. The van der Waals surface area contributed by atoms with E-state index in [2.05, 4.69) is 15.4 Å². The number of halogens is 1. The summed E-state index contributed by atoms with van der Waals surface area (Å²) in [7, 11) is 0. The fourth-order valence-electron chi connectivity index (χ4n) is 2.01. The lowest BCUT2D eigenvalue weighted by Crippen LogP contribution is -2.05. The van der Waals surface area contributed by atoms with Crippen molar-refractivity contribution in [2.75, 3.05) is 5.32 Å². The SMILES string of the molecule is Cc1cc(NCc2ccccc2Cl)n2ncnc2c1. The maximum Gasteiger partial charge on any atom is 0.157 e. The van der Waals surface area contributed by atoms with Crippen LogP contribution in [0.3, 0.4) is 0 Å². The molecule has 0 atom stereocenters. The molecular formula is C14H13ClN4. The molecule has 1 aromatic carbocycles. The molecule has 4 nitrogen and oxygen atoms in total. The second-order valence-corrected chi connectivity index (χ2v) is 4.80. The molecule has 0 bridgehead atoms. The van der Waals surface area contributed by atoms with Gasteiger partial charge in [-0.25, -0.2) is 4.98 Å². The first-order valence-corrected chi connectivity index (χ1v) is 6.39. The molecule has 0 aliphatic carbocycles. The molecule has 3 aromatic rings. The monoisotopic (exact) mass is 272 g/mol. The summed E-state index contributed by atoms with van der Waals surface area (Å²) in [6.07, 6.45) is 1.55. The van der Waals surface area contributed by atoms with Crippen molar-refractivity contribution in [2.45, 2.75) is 13.5 Å². The summed E-state index contributed by atoms with van der Waals surface area (Å²) in [4.78, 5) is 4.20. The Labute approximate surface area is 116 Å². The molecule has 0 spiro atoms. The van der Waals surface area contributed by atoms with Gasteiger partial charge in [-0.2, -0.15) is 9.61 Å². The number of nitrogens with one attached hydrogen (secondary N) is 1. The summed E-state index contributed by atoms with van der Waals surface area (Å²) >= 11 is 6.14. The second-order valence-electron chi connectivity index (χ2n) is 4.39. The maximum atomic E-state index is 6.14. The molecule has 0 radical (unpaired) electrons. The summed E-state index contributed by atoms with van der Waals surface area (Å²) in [5.41, 5.74) is 3.03. The number of pyridine rings is 1. The van der Waals surface area contributed by atoms with Crippen LogP contribution in [0.1, 0.15) is 11.1 Å². The third-order valence-electron chi connectivity index (χ3n) is 2.94. The molecule has 2 heterocycles. The lowest BCUT2D eigenvalue weighted by molar-refractivity contribution is 0.941. The molecule has 0 unspecified atom stereocenters. The number of hydrogen-bond donors (Lipinski definition) is 1. The Kier molecular flexibility index (Phi) is 3.09. The third-order valence-corrected chi connectivity index (χ3v) is 3.31. The Balaban J connectivity index is 1.90. The summed E-state index contributed by atoms with van der Waals surface area (Å²) in [6.45, 7) is 2.69. The average molecular weight is 273 g/mol. The van der Waals surface area contributed by atoms with Crippen molar-refractivity contribution in [2.24, 2.45) is 0 Å². The smallest absolute Gasteiger partial charge is 0.157 e. The van der Waals surface area contributed by atoms with Crippen LogP contribution in [0.4, 0.5) is 5.82 Å². The third kappa shape index (κ3) is 2.39. The quantitative estimate of drug-likeness (QED) is 0.795. The first-order chi connectivity index (χ1) is 9.24. The van der Waals surface area contributed by atoms with E-state index in [0.717, 1.165) is 27.6 Å². The number of rotatable bonds is 3. The van der Waals surface area contributed by atoms with E-state index >= 15 is 0 Å². The van der Waals surface area contributed by atoms with Crippen LogP contribution in [0.2, 0.25) is 5.02 Å². The molecule has 0 fully saturated rings. The number of aromatic nitrogens is 3. The normalized spacial score (nSPS) is 10.8. The van der Waals surface area contributed by atoms with Gasteiger partial charge in [-0.15, -0.1) is 0 Å². The van der Waals surface area contributed by atoms with Crippen molar-refractivity contribution in [3.63, 3.8) is 0 Å². The Morgan fingerprint density at radius 3 is 2.95 bits per heavy atom. The molecule has 0 saturated heterocycles. The van der Waals surface area contributed by atoms with Gasteiger partial charge in [-0.05, 0) is 36.2 Å². The predicted octanol–water partition coefficient (Wildman–Crippen LogP) is 3.30. The molecule has 96 valence electrons. The highest BCUT2D eigenvalue weighted by Crippen LogP contribution is 2.18. The van der Waals surface area contributed by atoms with E-state index in [9.17, 15) is 0 Å². The molecule has 0 saturated carbocycles. The zero-order chi connectivity index (χ0) is 13.2. The van der Waals surface area contributed by atoms with Gasteiger partial charge in [0.2, 0.25) is 0 Å². The van der Waals surface area contributed by atoms with Crippen LogP contribution in [-0.2, 0) is 6.54 Å². The number of aryl methyl sites for hydroxylation is 1. The van der Waals surface area contributed by atoms with Gasteiger partial charge in [0.1, 0.15) is 12.1 Å². The fourth-order valence-corrected chi connectivity index (χ4v) is 2.21. The first-order valence-electron chi connectivity index (χ1n) is 6.02. The summed E-state index contributed by atoms with van der Waals surface area (Å²) in [5.74, 6) is 0.910. The van der Waals surface area contributed by atoms with Crippen LogP contribution in [-0.4, -0.2) is 14.6 Å². The van der Waals surface area contributed by atoms with Gasteiger partial charge >= 0.3 is 0 Å². The number of benzene rings is 1. The van der Waals surface area contributed by atoms with Crippen molar-refractivity contribution in [3.05, 3.63) is 58.9 Å². The lowest BCUT2D eigenvalue weighted by atomic mass is 10.2. The van der Waals surface area contributed by atoms with Crippen molar-refractivity contribution in [3.8, 4) is 0 Å². The summed E-state index contributed by atoms with van der Waals surface area (Å²) in [6, 6.07) is 11.8. The Bertz CT molecular complexity index is 720. The first kappa shape index (κ1) is 12.0. The van der Waals surface area contributed by atoms with Crippen LogP contribution in [0.15, 0.2) is 42.7 Å². The van der Waals surface area contributed by atoms with Crippen LogP contribution < -0.4 is 5.32 Å². The number of nitrogens with zero attached hydrogens (tertiary/aromatic N) is 3. The van der Waals surface area contributed by atoms with E-state index in [4.69, 9.17) is 11.6 Å². The zero-order valence-corrected chi connectivity index (χ0v) is 11.2. The zero-order valence-electron chi connectivity index (χ0n) is 10.5. The van der Waals surface area contributed by atoms with Gasteiger partial charge in [-0.1, -0.05) is 29.8 Å². The summed E-state index contributed by atoms with van der Waals surface area (Å²) < 4.78 is 1.78. The predicted molar refractivity (Wildman–Crippen MR) is 76.5 cm³/mol. The minimum atomic E-state index is 0.651. The molecule has 0 aliphatic rings. The van der Waals surface area contributed by atoms with Crippen LogP contribution in [0.5, 0.6) is 0 Å². The molecule has 5 heteroatoms. The Hall–Kier alpha value is -2.07. The summed E-state index contributed by atoms with van der Waals surface area (Å²) in [5, 5.41) is 8.31. The van der Waals surface area contributed by atoms with Gasteiger partial charge in [0.15, 0.2) is 5.65 Å². The molecule has 0 amide bonds. The van der Waals surface area contributed by atoms with E-state index in [0.29, 0.717) is 6.54 Å². The number of anilines is 1. The number of hydrogen-bond acceptors (Lipinski definition) is 3. The Morgan fingerprint density at radius 2 is 2.11 bits per heavy atom. The van der Waals surface area contributed by atoms with E-state index in [1.165, 1.54) is 0 Å². The highest BCUT2D eigenvalue weighted by atomic mass is 35.5.